The summed E-state index contributed by atoms with van der Waals surface area (Å²) in [6.07, 6.45) is 23.2. The van der Waals surface area contributed by atoms with Crippen LogP contribution in [0.2, 0.25) is 0 Å². The number of nitrogen functional groups attached to an aromatic ring is 1. The van der Waals surface area contributed by atoms with E-state index in [1.54, 1.807) is 30.5 Å². The summed E-state index contributed by atoms with van der Waals surface area (Å²) in [5.74, 6) is 1.67. The molecule has 8 nitrogen and oxygen atoms in total. The molecule has 0 spiro atoms. The summed E-state index contributed by atoms with van der Waals surface area (Å²) in [6, 6.07) is 6.75. The average molecular weight is 580 g/mol. The quantitative estimate of drug-likeness (QED) is 0.350. The predicted molar refractivity (Wildman–Crippen MR) is 165 cm³/mol. The SMILES string of the molecule is Cc1ccc(S(=O)(=O)OCC2CC(c3nc(C4=CC=C5C=CC(C6=CCCC=C6)=NC5C4)c4c(N)nccn34)C2)cc1. The number of nitrogens with two attached hydrogens (primary N) is 1. The van der Waals surface area contributed by atoms with Crippen molar-refractivity contribution < 1.29 is 12.6 Å². The zero-order valence-electron chi connectivity index (χ0n) is 23.5. The van der Waals surface area contributed by atoms with Crippen molar-refractivity contribution in [2.24, 2.45) is 10.9 Å². The van der Waals surface area contributed by atoms with Crippen LogP contribution >= 0.6 is 0 Å². The smallest absolute Gasteiger partial charge is 0.296 e. The second kappa shape index (κ2) is 10.6. The molecule has 4 aliphatic rings. The molecule has 2 aromatic heterocycles. The van der Waals surface area contributed by atoms with Gasteiger partial charge in [0.2, 0.25) is 0 Å². The van der Waals surface area contributed by atoms with Crippen molar-refractivity contribution in [2.75, 3.05) is 12.3 Å². The zero-order valence-corrected chi connectivity index (χ0v) is 24.3. The lowest BCUT2D eigenvalue weighted by atomic mass is 9.75. The Morgan fingerprint density at radius 1 is 1.07 bits per heavy atom. The molecule has 3 aliphatic carbocycles. The zero-order chi connectivity index (χ0) is 28.8. The Morgan fingerprint density at radius 2 is 1.90 bits per heavy atom. The summed E-state index contributed by atoms with van der Waals surface area (Å²) in [7, 11) is -3.78. The van der Waals surface area contributed by atoms with E-state index in [0.717, 1.165) is 66.0 Å². The van der Waals surface area contributed by atoms with Gasteiger partial charge in [-0.25, -0.2) is 9.97 Å². The summed E-state index contributed by atoms with van der Waals surface area (Å²) >= 11 is 0. The fourth-order valence-corrected chi connectivity index (χ4v) is 7.14. The van der Waals surface area contributed by atoms with Crippen molar-refractivity contribution in [1.29, 1.82) is 0 Å². The minimum Gasteiger partial charge on any atom is -0.382 e. The van der Waals surface area contributed by atoms with Crippen molar-refractivity contribution in [2.45, 2.75) is 55.9 Å². The Balaban J connectivity index is 1.10. The first-order chi connectivity index (χ1) is 20.4. The van der Waals surface area contributed by atoms with Gasteiger partial charge in [-0.05, 0) is 73.5 Å². The number of dihydropyridines is 1. The highest BCUT2D eigenvalue weighted by atomic mass is 32.2. The number of imidazole rings is 1. The van der Waals surface area contributed by atoms with E-state index in [2.05, 4.69) is 51.9 Å². The maximum absolute atomic E-state index is 12.7. The highest BCUT2D eigenvalue weighted by Crippen LogP contribution is 2.44. The first kappa shape index (κ1) is 26.8. The molecule has 214 valence electrons. The lowest BCUT2D eigenvalue weighted by molar-refractivity contribution is 0.158. The molecule has 7 rings (SSSR count). The molecule has 9 heteroatoms. The van der Waals surface area contributed by atoms with E-state index in [-0.39, 0.29) is 29.4 Å². The number of rotatable bonds is 7. The van der Waals surface area contributed by atoms with Gasteiger partial charge in [0.05, 0.1) is 28.9 Å². The molecule has 42 heavy (non-hydrogen) atoms. The molecular formula is C33H33N5O3S. The van der Waals surface area contributed by atoms with Crippen molar-refractivity contribution in [3.05, 3.63) is 107 Å². The molecule has 0 radical (unpaired) electrons. The van der Waals surface area contributed by atoms with E-state index in [1.165, 1.54) is 11.1 Å². The van der Waals surface area contributed by atoms with Gasteiger partial charge in [-0.15, -0.1) is 0 Å². The summed E-state index contributed by atoms with van der Waals surface area (Å²) in [4.78, 5) is 14.8. The van der Waals surface area contributed by atoms with Gasteiger partial charge in [-0.1, -0.05) is 54.2 Å². The highest BCUT2D eigenvalue weighted by Gasteiger charge is 2.36. The maximum Gasteiger partial charge on any atom is 0.296 e. The van der Waals surface area contributed by atoms with Crippen LogP contribution in [0.3, 0.4) is 0 Å². The Kier molecular flexibility index (Phi) is 6.79. The third kappa shape index (κ3) is 4.97. The summed E-state index contributed by atoms with van der Waals surface area (Å²) < 4.78 is 32.8. The number of benzene rings is 1. The molecule has 0 amide bonds. The molecule has 0 bridgehead atoms. The number of anilines is 1. The third-order valence-corrected chi connectivity index (χ3v) is 9.87. The fraction of sp³-hybridized carbons (Fsp3) is 0.303. The molecular weight excluding hydrogens is 546 g/mol. The number of aliphatic imine (C=N–C) groups is 1. The van der Waals surface area contributed by atoms with Crippen LogP contribution in [0.5, 0.6) is 0 Å². The summed E-state index contributed by atoms with van der Waals surface area (Å²) in [6.45, 7) is 2.08. The van der Waals surface area contributed by atoms with Crippen molar-refractivity contribution >= 4 is 32.7 Å². The van der Waals surface area contributed by atoms with Gasteiger partial charge in [0.25, 0.3) is 10.1 Å². The number of nitrogens with zero attached hydrogens (tertiary/aromatic N) is 4. The van der Waals surface area contributed by atoms with Crippen LogP contribution in [0, 0.1) is 12.8 Å². The van der Waals surface area contributed by atoms with Crippen LogP contribution in [0.15, 0.2) is 100 Å². The van der Waals surface area contributed by atoms with Gasteiger partial charge in [0.1, 0.15) is 17.2 Å². The molecule has 3 heterocycles. The Hall–Kier alpha value is -4.08. The van der Waals surface area contributed by atoms with Crippen LogP contribution in [-0.4, -0.2) is 41.1 Å². The van der Waals surface area contributed by atoms with Crippen LogP contribution in [-0.2, 0) is 14.3 Å². The minimum absolute atomic E-state index is 0.0278. The van der Waals surface area contributed by atoms with Gasteiger partial charge < -0.3 is 5.73 Å². The molecule has 2 N–H and O–H groups in total. The largest absolute Gasteiger partial charge is 0.382 e. The van der Waals surface area contributed by atoms with Crippen molar-refractivity contribution in [3.8, 4) is 0 Å². The van der Waals surface area contributed by atoms with Gasteiger partial charge in [0.15, 0.2) is 0 Å². The monoisotopic (exact) mass is 579 g/mol. The first-order valence-corrected chi connectivity index (χ1v) is 15.9. The molecule has 1 atom stereocenters. The average Bonchev–Trinajstić information content (AvgIpc) is 3.37. The van der Waals surface area contributed by atoms with Gasteiger partial charge in [-0.2, -0.15) is 8.42 Å². The van der Waals surface area contributed by atoms with E-state index in [9.17, 15) is 8.42 Å². The van der Waals surface area contributed by atoms with E-state index in [0.29, 0.717) is 5.82 Å². The standard InChI is InChI=1S/C33H33N5O3S/c1-21-7-12-27(13-8-21)42(39,40)41-20-22-17-26(18-22)33-37-30(31-32(34)35-15-16-38(31)33)25-10-9-24-11-14-28(36-29(24)19-25)23-5-3-2-4-6-23/h3,5-16,22,26,29H,2,4,17-20H2,1H3,(H2,34,35). The lowest BCUT2D eigenvalue weighted by Gasteiger charge is -2.34. The highest BCUT2D eigenvalue weighted by molar-refractivity contribution is 7.86. The second-order valence-corrected chi connectivity index (χ2v) is 13.1. The van der Waals surface area contributed by atoms with E-state index >= 15 is 0 Å². The molecule has 1 unspecified atom stereocenters. The lowest BCUT2D eigenvalue weighted by Crippen LogP contribution is -2.28. The predicted octanol–water partition coefficient (Wildman–Crippen LogP) is 5.89. The van der Waals surface area contributed by atoms with Crippen LogP contribution in [0.25, 0.3) is 11.1 Å². The molecule has 1 fully saturated rings. The van der Waals surface area contributed by atoms with E-state index < -0.39 is 10.1 Å². The fourth-order valence-electron chi connectivity index (χ4n) is 6.17. The Morgan fingerprint density at radius 3 is 2.69 bits per heavy atom. The van der Waals surface area contributed by atoms with Crippen molar-refractivity contribution in [3.63, 3.8) is 0 Å². The normalized spacial score (nSPS) is 23.5. The summed E-state index contributed by atoms with van der Waals surface area (Å²) in [5, 5.41) is 0. The maximum atomic E-state index is 12.7. The van der Waals surface area contributed by atoms with Crippen molar-refractivity contribution in [1.82, 2.24) is 14.4 Å². The molecule has 1 aromatic carbocycles. The first-order valence-electron chi connectivity index (χ1n) is 14.5. The third-order valence-electron chi connectivity index (χ3n) is 8.58. The van der Waals surface area contributed by atoms with E-state index in [1.807, 2.05) is 13.1 Å². The Labute approximate surface area is 245 Å². The van der Waals surface area contributed by atoms with Crippen LogP contribution in [0.1, 0.15) is 55.1 Å². The number of aromatic nitrogens is 3. The van der Waals surface area contributed by atoms with E-state index in [4.69, 9.17) is 19.9 Å². The molecule has 3 aromatic rings. The number of allylic oxidation sites excluding steroid dienone is 7. The summed E-state index contributed by atoms with van der Waals surface area (Å²) in [5.41, 5.74) is 13.6. The Bertz CT molecular complexity index is 1850. The van der Waals surface area contributed by atoms with Gasteiger partial charge >= 0.3 is 0 Å². The van der Waals surface area contributed by atoms with Crippen LogP contribution < -0.4 is 5.73 Å². The second-order valence-electron chi connectivity index (χ2n) is 11.5. The number of fused-ring (bicyclic) bond motifs is 2. The van der Waals surface area contributed by atoms with Gasteiger partial charge in [0, 0.05) is 24.7 Å². The number of aryl methyl sites for hydroxylation is 1. The molecule has 1 aliphatic heterocycles. The topological polar surface area (TPSA) is 112 Å². The molecule has 1 saturated carbocycles. The van der Waals surface area contributed by atoms with Crippen LogP contribution in [0.4, 0.5) is 5.82 Å². The number of hydrogen-bond acceptors (Lipinski definition) is 7. The molecule has 0 saturated heterocycles. The number of hydrogen-bond donors (Lipinski definition) is 1. The van der Waals surface area contributed by atoms with Gasteiger partial charge in [-0.3, -0.25) is 13.6 Å². The minimum atomic E-state index is -3.78.